The lowest BCUT2D eigenvalue weighted by molar-refractivity contribution is -0.0109. The number of rotatable bonds is 6. The molecule has 0 bridgehead atoms. The Morgan fingerprint density at radius 3 is 2.67 bits per heavy atom. The highest BCUT2D eigenvalue weighted by atomic mass is 16.6. The number of nitrogens with zero attached hydrogens (tertiary/aromatic N) is 1. The molecule has 0 heterocycles. The average Bonchev–Trinajstić information content (AvgIpc) is 2.35. The third-order valence-electron chi connectivity index (χ3n) is 3.81. The Labute approximate surface area is 126 Å². The molecule has 6 nitrogen and oxygen atoms in total. The number of nitrogens with one attached hydrogen (secondary N) is 1. The van der Waals surface area contributed by atoms with Crippen molar-refractivity contribution >= 4 is 6.09 Å². The van der Waals surface area contributed by atoms with Gasteiger partial charge in [0.2, 0.25) is 0 Å². The molecule has 0 aromatic heterocycles. The second-order valence-electron chi connectivity index (χ2n) is 6.87. The second kappa shape index (κ2) is 7.51. The van der Waals surface area contributed by atoms with E-state index in [1.54, 1.807) is 13.4 Å². The minimum Gasteiger partial charge on any atom is -0.447 e. The number of nitriles is 1. The van der Waals surface area contributed by atoms with Gasteiger partial charge in [0.25, 0.3) is 6.26 Å². The SMILES string of the molecule is COCCOC(=O)NC[C@]1(C)C[C@H](OC#N)CC(C)(C)C1. The fourth-order valence-electron chi connectivity index (χ4n) is 3.38. The number of amides is 1. The predicted octanol–water partition coefficient (Wildman–Crippen LogP) is 2.44. The van der Waals surface area contributed by atoms with E-state index in [0.29, 0.717) is 13.2 Å². The van der Waals surface area contributed by atoms with Crippen molar-refractivity contribution in [3.63, 3.8) is 0 Å². The molecule has 0 aliphatic heterocycles. The van der Waals surface area contributed by atoms with Gasteiger partial charge in [-0.25, -0.2) is 4.79 Å². The van der Waals surface area contributed by atoms with E-state index in [1.165, 1.54) is 0 Å². The number of carbonyl (C=O) groups excluding carboxylic acids is 1. The summed E-state index contributed by atoms with van der Waals surface area (Å²) in [5.74, 6) is 0. The van der Waals surface area contributed by atoms with Crippen molar-refractivity contribution in [2.45, 2.75) is 46.1 Å². The predicted molar refractivity (Wildman–Crippen MR) is 77.5 cm³/mol. The number of methoxy groups -OCH3 is 1. The summed E-state index contributed by atoms with van der Waals surface area (Å²) in [6.07, 6.45) is 3.83. The molecular formula is C15H26N2O4. The maximum atomic E-state index is 11.6. The minimum atomic E-state index is -0.436. The van der Waals surface area contributed by atoms with Crippen molar-refractivity contribution in [1.29, 1.82) is 5.26 Å². The third-order valence-corrected chi connectivity index (χ3v) is 3.81. The molecule has 0 spiro atoms. The summed E-state index contributed by atoms with van der Waals surface area (Å²) in [5, 5.41) is 11.5. The molecule has 1 saturated carbocycles. The first-order valence-corrected chi connectivity index (χ1v) is 7.25. The van der Waals surface area contributed by atoms with Crippen LogP contribution in [0.25, 0.3) is 0 Å². The number of ether oxygens (including phenoxy) is 3. The Morgan fingerprint density at radius 2 is 2.05 bits per heavy atom. The zero-order chi connectivity index (χ0) is 15.9. The summed E-state index contributed by atoms with van der Waals surface area (Å²) in [4.78, 5) is 11.6. The molecule has 1 amide bonds. The van der Waals surface area contributed by atoms with Crippen LogP contribution in [0.2, 0.25) is 0 Å². The van der Waals surface area contributed by atoms with Gasteiger partial charge in [0.1, 0.15) is 12.7 Å². The van der Waals surface area contributed by atoms with Gasteiger partial charge in [0, 0.05) is 13.7 Å². The normalized spacial score (nSPS) is 27.5. The maximum absolute atomic E-state index is 11.6. The Kier molecular flexibility index (Phi) is 6.28. The summed E-state index contributed by atoms with van der Waals surface area (Å²) in [7, 11) is 1.56. The molecule has 0 radical (unpaired) electrons. The van der Waals surface area contributed by atoms with E-state index in [2.05, 4.69) is 26.1 Å². The molecule has 0 unspecified atom stereocenters. The maximum Gasteiger partial charge on any atom is 0.407 e. The van der Waals surface area contributed by atoms with Gasteiger partial charge in [-0.3, -0.25) is 0 Å². The Morgan fingerprint density at radius 1 is 1.33 bits per heavy atom. The first-order valence-electron chi connectivity index (χ1n) is 7.25. The quantitative estimate of drug-likeness (QED) is 0.601. The molecule has 0 aromatic carbocycles. The van der Waals surface area contributed by atoms with Gasteiger partial charge in [0.15, 0.2) is 0 Å². The van der Waals surface area contributed by atoms with Gasteiger partial charge in [-0.2, -0.15) is 5.26 Å². The molecule has 6 heteroatoms. The summed E-state index contributed by atoms with van der Waals surface area (Å²) < 4.78 is 15.0. The average molecular weight is 298 g/mol. The molecule has 1 fully saturated rings. The molecular weight excluding hydrogens is 272 g/mol. The molecule has 1 N–H and O–H groups in total. The topological polar surface area (TPSA) is 80.6 Å². The molecule has 1 rings (SSSR count). The van der Waals surface area contributed by atoms with Crippen LogP contribution in [-0.2, 0) is 14.2 Å². The van der Waals surface area contributed by atoms with Gasteiger partial charge in [-0.15, -0.1) is 0 Å². The second-order valence-corrected chi connectivity index (χ2v) is 6.87. The lowest BCUT2D eigenvalue weighted by Crippen LogP contribution is -2.45. The van der Waals surface area contributed by atoms with Crippen LogP contribution in [0, 0.1) is 22.3 Å². The highest BCUT2D eigenvalue weighted by Gasteiger charge is 2.42. The summed E-state index contributed by atoms with van der Waals surface area (Å²) in [5.41, 5.74) is -0.0281. The molecule has 0 aromatic rings. The lowest BCUT2D eigenvalue weighted by atomic mass is 9.63. The standard InChI is InChI=1S/C15H26N2O4/c1-14(2)7-12(21-11-16)8-15(3,9-14)10-17-13(18)20-6-5-19-4/h12H,5-10H2,1-4H3,(H,17,18)/t12-,15-/m1/s1. The van der Waals surface area contributed by atoms with E-state index >= 15 is 0 Å². The Bertz CT molecular complexity index is 392. The zero-order valence-corrected chi connectivity index (χ0v) is 13.4. The molecule has 1 aliphatic rings. The van der Waals surface area contributed by atoms with E-state index in [4.69, 9.17) is 19.5 Å². The molecule has 1 aliphatic carbocycles. The van der Waals surface area contributed by atoms with Crippen molar-refractivity contribution in [2.75, 3.05) is 26.9 Å². The summed E-state index contributed by atoms with van der Waals surface area (Å²) in [6, 6.07) is 0. The zero-order valence-electron chi connectivity index (χ0n) is 13.4. The smallest absolute Gasteiger partial charge is 0.407 e. The Balaban J connectivity index is 2.50. The molecule has 21 heavy (non-hydrogen) atoms. The van der Waals surface area contributed by atoms with E-state index in [9.17, 15) is 4.79 Å². The van der Waals surface area contributed by atoms with Gasteiger partial charge >= 0.3 is 6.09 Å². The van der Waals surface area contributed by atoms with E-state index < -0.39 is 6.09 Å². The van der Waals surface area contributed by atoms with E-state index in [-0.39, 0.29) is 23.5 Å². The molecule has 2 atom stereocenters. The number of hydrogen-bond donors (Lipinski definition) is 1. The van der Waals surface area contributed by atoms with Crippen LogP contribution in [-0.4, -0.2) is 39.1 Å². The van der Waals surface area contributed by atoms with Gasteiger partial charge < -0.3 is 19.5 Å². The van der Waals surface area contributed by atoms with Gasteiger partial charge in [-0.1, -0.05) is 20.8 Å². The number of carbonyl (C=O) groups is 1. The number of hydrogen-bond acceptors (Lipinski definition) is 5. The monoisotopic (exact) mass is 298 g/mol. The molecule has 0 saturated heterocycles. The van der Waals surface area contributed by atoms with Crippen LogP contribution in [0.4, 0.5) is 4.79 Å². The van der Waals surface area contributed by atoms with Crippen molar-refractivity contribution in [1.82, 2.24) is 5.32 Å². The molecule has 120 valence electrons. The van der Waals surface area contributed by atoms with Crippen molar-refractivity contribution in [2.24, 2.45) is 10.8 Å². The first kappa shape index (κ1) is 17.6. The van der Waals surface area contributed by atoms with Crippen molar-refractivity contribution < 1.29 is 19.0 Å². The summed E-state index contributed by atoms with van der Waals surface area (Å²) in [6.45, 7) is 7.56. The van der Waals surface area contributed by atoms with Crippen LogP contribution in [0.5, 0.6) is 0 Å². The van der Waals surface area contributed by atoms with Crippen LogP contribution in [0.3, 0.4) is 0 Å². The Hall–Kier alpha value is -1.48. The fraction of sp³-hybridized carbons (Fsp3) is 0.867. The highest BCUT2D eigenvalue weighted by molar-refractivity contribution is 5.67. The van der Waals surface area contributed by atoms with Crippen LogP contribution in [0.1, 0.15) is 40.0 Å². The van der Waals surface area contributed by atoms with Crippen molar-refractivity contribution in [3.05, 3.63) is 0 Å². The van der Waals surface area contributed by atoms with E-state index in [1.807, 2.05) is 0 Å². The van der Waals surface area contributed by atoms with Crippen LogP contribution < -0.4 is 5.32 Å². The van der Waals surface area contributed by atoms with E-state index in [0.717, 1.165) is 19.3 Å². The largest absolute Gasteiger partial charge is 0.447 e. The van der Waals surface area contributed by atoms with Crippen LogP contribution >= 0.6 is 0 Å². The third kappa shape index (κ3) is 6.21. The minimum absolute atomic E-state index is 0.0795. The fourth-order valence-corrected chi connectivity index (χ4v) is 3.38. The highest BCUT2D eigenvalue weighted by Crippen LogP contribution is 2.46. The van der Waals surface area contributed by atoms with Crippen molar-refractivity contribution in [3.8, 4) is 6.26 Å². The first-order chi connectivity index (χ1) is 9.80. The van der Waals surface area contributed by atoms with Crippen LogP contribution in [0.15, 0.2) is 0 Å². The summed E-state index contributed by atoms with van der Waals surface area (Å²) >= 11 is 0. The number of alkyl carbamates (subject to hydrolysis) is 1. The van der Waals surface area contributed by atoms with Gasteiger partial charge in [0.05, 0.1) is 6.61 Å². The van der Waals surface area contributed by atoms with Gasteiger partial charge in [-0.05, 0) is 30.1 Å². The lowest BCUT2D eigenvalue weighted by Gasteiger charge is -2.45.